The molecule has 0 atom stereocenters. The standard InChI is InChI=1S/C29H31N5/c1-4-8-20(2)34(3)25-18-24(19-25)33-26-15-16-32-29(31)27(26)28(30)23-13-11-22(12-14-23)17-21-9-6-5-7-10-21/h5-7,9-16,24-25,30H,2,17-19H2,1,3H3,(H3,31,32,33). The molecule has 1 aliphatic rings. The lowest BCUT2D eigenvalue weighted by Crippen LogP contribution is -2.48. The van der Waals surface area contributed by atoms with Gasteiger partial charge in [-0.1, -0.05) is 73.0 Å². The lowest BCUT2D eigenvalue weighted by Gasteiger charge is -2.43. The van der Waals surface area contributed by atoms with E-state index in [4.69, 9.17) is 11.1 Å². The molecule has 0 spiro atoms. The van der Waals surface area contributed by atoms with E-state index in [-0.39, 0.29) is 0 Å². The van der Waals surface area contributed by atoms with Crippen LogP contribution in [0.4, 0.5) is 11.5 Å². The molecular formula is C29H31N5. The van der Waals surface area contributed by atoms with Crippen LogP contribution < -0.4 is 11.1 Å². The first-order valence-corrected chi connectivity index (χ1v) is 11.5. The molecule has 0 radical (unpaired) electrons. The third-order valence-electron chi connectivity index (χ3n) is 6.44. The van der Waals surface area contributed by atoms with E-state index in [1.807, 2.05) is 38.2 Å². The second-order valence-corrected chi connectivity index (χ2v) is 8.75. The van der Waals surface area contributed by atoms with Gasteiger partial charge < -0.3 is 16.0 Å². The van der Waals surface area contributed by atoms with Crippen molar-refractivity contribution < 1.29 is 0 Å². The molecular weight excluding hydrogens is 418 g/mol. The van der Waals surface area contributed by atoms with Crippen molar-refractivity contribution in [1.82, 2.24) is 9.88 Å². The van der Waals surface area contributed by atoms with Crippen molar-refractivity contribution in [3.63, 3.8) is 0 Å². The summed E-state index contributed by atoms with van der Waals surface area (Å²) in [5.74, 6) is 6.31. The van der Waals surface area contributed by atoms with E-state index in [1.54, 1.807) is 6.20 Å². The molecule has 0 saturated heterocycles. The Labute approximate surface area is 202 Å². The zero-order chi connectivity index (χ0) is 24.1. The topological polar surface area (TPSA) is 78.0 Å². The van der Waals surface area contributed by atoms with Gasteiger partial charge in [-0.05, 0) is 43.4 Å². The Hall–Kier alpha value is -4.04. The van der Waals surface area contributed by atoms with E-state index < -0.39 is 0 Å². The van der Waals surface area contributed by atoms with E-state index in [1.165, 1.54) is 11.1 Å². The average molecular weight is 450 g/mol. The van der Waals surface area contributed by atoms with Crippen molar-refractivity contribution in [3.05, 3.63) is 101 Å². The number of hydrogen-bond acceptors (Lipinski definition) is 5. The normalized spacial score (nSPS) is 16.5. The predicted molar refractivity (Wildman–Crippen MR) is 141 cm³/mol. The largest absolute Gasteiger partial charge is 0.383 e. The van der Waals surface area contributed by atoms with E-state index in [0.717, 1.165) is 36.2 Å². The van der Waals surface area contributed by atoms with E-state index in [9.17, 15) is 0 Å². The maximum atomic E-state index is 8.88. The number of benzene rings is 2. The highest BCUT2D eigenvalue weighted by Gasteiger charge is 2.33. The summed E-state index contributed by atoms with van der Waals surface area (Å²) in [5.41, 5.74) is 12.3. The Balaban J connectivity index is 1.45. The van der Waals surface area contributed by atoms with Gasteiger partial charge in [-0.15, -0.1) is 0 Å². The number of nitrogen functional groups attached to an aromatic ring is 1. The first-order chi connectivity index (χ1) is 16.5. The zero-order valence-corrected chi connectivity index (χ0v) is 19.8. The number of nitrogens with two attached hydrogens (primary N) is 1. The number of aromatic nitrogens is 1. The van der Waals surface area contributed by atoms with Crippen molar-refractivity contribution in [2.45, 2.75) is 38.3 Å². The Morgan fingerprint density at radius 1 is 1.12 bits per heavy atom. The first kappa shape index (κ1) is 23.1. The molecule has 34 heavy (non-hydrogen) atoms. The van der Waals surface area contributed by atoms with Gasteiger partial charge in [0.15, 0.2) is 0 Å². The molecule has 2 aromatic carbocycles. The molecule has 1 heterocycles. The summed E-state index contributed by atoms with van der Waals surface area (Å²) in [6.07, 6.45) is 4.51. The Morgan fingerprint density at radius 2 is 1.79 bits per heavy atom. The number of hydrogen-bond donors (Lipinski definition) is 3. The average Bonchev–Trinajstić information content (AvgIpc) is 2.82. The zero-order valence-electron chi connectivity index (χ0n) is 19.8. The summed E-state index contributed by atoms with van der Waals surface area (Å²) in [6.45, 7) is 5.87. The van der Waals surface area contributed by atoms with Gasteiger partial charge >= 0.3 is 0 Å². The van der Waals surface area contributed by atoms with E-state index in [2.05, 4.69) is 70.0 Å². The summed E-state index contributed by atoms with van der Waals surface area (Å²) in [5, 5.41) is 12.5. The smallest absolute Gasteiger partial charge is 0.134 e. The molecule has 0 amide bonds. The lowest BCUT2D eigenvalue weighted by atomic mass is 9.85. The maximum Gasteiger partial charge on any atom is 0.134 e. The third kappa shape index (κ3) is 5.13. The molecule has 0 bridgehead atoms. The molecule has 4 N–H and O–H groups in total. The molecule has 1 fully saturated rings. The predicted octanol–water partition coefficient (Wildman–Crippen LogP) is 5.08. The van der Waals surface area contributed by atoms with Crippen LogP contribution in [0.15, 0.2) is 79.1 Å². The molecule has 1 saturated carbocycles. The minimum Gasteiger partial charge on any atom is -0.383 e. The van der Waals surface area contributed by atoms with Gasteiger partial charge in [0.05, 0.1) is 17.0 Å². The molecule has 5 heteroatoms. The summed E-state index contributed by atoms with van der Waals surface area (Å²) in [6, 6.07) is 21.1. The second kappa shape index (κ2) is 10.3. The maximum absolute atomic E-state index is 8.88. The second-order valence-electron chi connectivity index (χ2n) is 8.75. The first-order valence-electron chi connectivity index (χ1n) is 11.5. The quantitative estimate of drug-likeness (QED) is 0.331. The van der Waals surface area contributed by atoms with Gasteiger partial charge in [0.1, 0.15) is 5.82 Å². The fraction of sp³-hybridized carbons (Fsp3) is 0.241. The summed E-state index contributed by atoms with van der Waals surface area (Å²) >= 11 is 0. The number of nitrogens with one attached hydrogen (secondary N) is 2. The van der Waals surface area contributed by atoms with Crippen molar-refractivity contribution in [3.8, 4) is 11.8 Å². The van der Waals surface area contributed by atoms with Crippen LogP contribution in [0.1, 0.15) is 42.0 Å². The minimum atomic E-state index is 0.302. The van der Waals surface area contributed by atoms with E-state index in [0.29, 0.717) is 29.2 Å². The van der Waals surface area contributed by atoms with Crippen LogP contribution in [0, 0.1) is 17.3 Å². The van der Waals surface area contributed by atoms with Crippen LogP contribution >= 0.6 is 0 Å². The number of pyridine rings is 1. The highest BCUT2D eigenvalue weighted by molar-refractivity contribution is 6.16. The van der Waals surface area contributed by atoms with Crippen molar-refractivity contribution in [2.24, 2.45) is 0 Å². The Bertz CT molecular complexity index is 1230. The van der Waals surface area contributed by atoms with Crippen molar-refractivity contribution in [1.29, 1.82) is 5.41 Å². The Kier molecular flexibility index (Phi) is 6.98. The molecule has 172 valence electrons. The van der Waals surface area contributed by atoms with Crippen LogP contribution in [0.2, 0.25) is 0 Å². The van der Waals surface area contributed by atoms with Crippen LogP contribution in [0.25, 0.3) is 0 Å². The molecule has 0 aliphatic heterocycles. The molecule has 3 aromatic rings. The van der Waals surface area contributed by atoms with Gasteiger partial charge in [-0.3, -0.25) is 5.41 Å². The molecule has 4 rings (SSSR count). The summed E-state index contributed by atoms with van der Waals surface area (Å²) < 4.78 is 0. The molecule has 1 aliphatic carbocycles. The third-order valence-corrected chi connectivity index (χ3v) is 6.44. The molecule has 1 aromatic heterocycles. The van der Waals surface area contributed by atoms with Crippen LogP contribution in [0.5, 0.6) is 0 Å². The van der Waals surface area contributed by atoms with Crippen LogP contribution in [-0.2, 0) is 6.42 Å². The van der Waals surface area contributed by atoms with Crippen molar-refractivity contribution >= 4 is 17.2 Å². The minimum absolute atomic E-state index is 0.302. The fourth-order valence-corrected chi connectivity index (χ4v) is 4.32. The summed E-state index contributed by atoms with van der Waals surface area (Å²) in [7, 11) is 2.04. The molecule has 0 unspecified atom stereocenters. The molecule has 5 nitrogen and oxygen atoms in total. The highest BCUT2D eigenvalue weighted by atomic mass is 15.2. The monoisotopic (exact) mass is 449 g/mol. The number of allylic oxidation sites excluding steroid dienone is 1. The number of anilines is 2. The van der Waals surface area contributed by atoms with Crippen LogP contribution in [0.3, 0.4) is 0 Å². The summed E-state index contributed by atoms with van der Waals surface area (Å²) in [4.78, 5) is 6.41. The van der Waals surface area contributed by atoms with Crippen molar-refractivity contribution in [2.75, 3.05) is 18.1 Å². The van der Waals surface area contributed by atoms with Gasteiger partial charge in [0.2, 0.25) is 0 Å². The Morgan fingerprint density at radius 3 is 2.47 bits per heavy atom. The van der Waals surface area contributed by atoms with Crippen LogP contribution in [-0.4, -0.2) is 34.7 Å². The van der Waals surface area contributed by atoms with Gasteiger partial charge in [0.25, 0.3) is 0 Å². The number of rotatable bonds is 8. The SMILES string of the molecule is C=C(C#CC)N(C)C1CC(Nc2ccnc(N)c2C(=N)c2ccc(Cc3ccccc3)cc2)C1. The van der Waals surface area contributed by atoms with Gasteiger partial charge in [-0.25, -0.2) is 4.98 Å². The van der Waals surface area contributed by atoms with Gasteiger partial charge in [0, 0.05) is 36.6 Å². The van der Waals surface area contributed by atoms with Gasteiger partial charge in [-0.2, -0.15) is 0 Å². The highest BCUT2D eigenvalue weighted by Crippen LogP contribution is 2.32. The fourth-order valence-electron chi connectivity index (χ4n) is 4.32. The number of nitrogens with zero attached hydrogens (tertiary/aromatic N) is 2. The van der Waals surface area contributed by atoms with E-state index >= 15 is 0 Å². The lowest BCUT2D eigenvalue weighted by molar-refractivity contribution is 0.191.